The van der Waals surface area contributed by atoms with Gasteiger partial charge in [0, 0.05) is 5.54 Å². The Morgan fingerprint density at radius 3 is 2.54 bits per heavy atom. The van der Waals surface area contributed by atoms with E-state index in [1.807, 2.05) is 26.8 Å². The Balaban J connectivity index is 3.96. The van der Waals surface area contributed by atoms with Gasteiger partial charge in [-0.1, -0.05) is 6.92 Å². The molecule has 0 saturated carbocycles. The van der Waals surface area contributed by atoms with Gasteiger partial charge in [0.25, 0.3) is 0 Å². The van der Waals surface area contributed by atoms with Gasteiger partial charge in [-0.25, -0.2) is 4.79 Å². The fraction of sp³-hybridized carbons (Fsp3) is 0.778. The van der Waals surface area contributed by atoms with E-state index in [0.29, 0.717) is 0 Å². The van der Waals surface area contributed by atoms with Crippen LogP contribution in [0.5, 0.6) is 0 Å². The van der Waals surface area contributed by atoms with Crippen LogP contribution in [0.15, 0.2) is 0 Å². The molecule has 0 radical (unpaired) electrons. The van der Waals surface area contributed by atoms with Crippen molar-refractivity contribution in [3.63, 3.8) is 0 Å². The Hall–Kier alpha value is -1.24. The van der Waals surface area contributed by atoms with Crippen LogP contribution >= 0.6 is 0 Å². The molecular formula is C9H17N3O. The molecule has 0 saturated heterocycles. The topological polar surface area (TPSA) is 64.9 Å². The number of nitrogens with zero attached hydrogens (tertiary/aromatic N) is 1. The van der Waals surface area contributed by atoms with E-state index in [4.69, 9.17) is 5.26 Å². The molecule has 0 bridgehead atoms. The highest BCUT2D eigenvalue weighted by molar-refractivity contribution is 5.75. The van der Waals surface area contributed by atoms with E-state index >= 15 is 0 Å². The molecule has 1 atom stereocenters. The molecular weight excluding hydrogens is 166 g/mol. The summed E-state index contributed by atoms with van der Waals surface area (Å²) in [5.41, 5.74) is -0.223. The SMILES string of the molecule is CCC(C)(C)NC(=O)NC(C)C#N. The average Bonchev–Trinajstić information content (AvgIpc) is 2.03. The van der Waals surface area contributed by atoms with Crippen LogP contribution in [0.4, 0.5) is 4.79 Å². The molecule has 0 heterocycles. The lowest BCUT2D eigenvalue weighted by molar-refractivity contribution is 0.227. The van der Waals surface area contributed by atoms with Gasteiger partial charge >= 0.3 is 6.03 Å². The van der Waals surface area contributed by atoms with Crippen molar-refractivity contribution >= 4 is 6.03 Å². The van der Waals surface area contributed by atoms with Crippen LogP contribution in [0, 0.1) is 11.3 Å². The summed E-state index contributed by atoms with van der Waals surface area (Å²) in [6.45, 7) is 7.50. The number of hydrogen-bond donors (Lipinski definition) is 2. The molecule has 2 N–H and O–H groups in total. The van der Waals surface area contributed by atoms with Crippen molar-refractivity contribution in [2.24, 2.45) is 0 Å². The van der Waals surface area contributed by atoms with Gasteiger partial charge in [-0.15, -0.1) is 0 Å². The summed E-state index contributed by atoms with van der Waals surface area (Å²) in [5, 5.41) is 13.7. The zero-order valence-electron chi connectivity index (χ0n) is 8.64. The fourth-order valence-electron chi connectivity index (χ4n) is 0.661. The quantitative estimate of drug-likeness (QED) is 0.694. The molecule has 0 aliphatic carbocycles. The van der Waals surface area contributed by atoms with Crippen molar-refractivity contribution in [1.29, 1.82) is 5.26 Å². The predicted octanol–water partition coefficient (Wildman–Crippen LogP) is 1.39. The number of hydrogen-bond acceptors (Lipinski definition) is 2. The summed E-state index contributed by atoms with van der Waals surface area (Å²) >= 11 is 0. The van der Waals surface area contributed by atoms with Gasteiger partial charge in [0.15, 0.2) is 0 Å². The first-order valence-electron chi connectivity index (χ1n) is 4.39. The Morgan fingerprint density at radius 1 is 1.62 bits per heavy atom. The molecule has 2 amide bonds. The third-order valence-corrected chi connectivity index (χ3v) is 1.88. The number of nitriles is 1. The highest BCUT2D eigenvalue weighted by Crippen LogP contribution is 2.05. The van der Waals surface area contributed by atoms with Crippen LogP contribution in [0.3, 0.4) is 0 Å². The van der Waals surface area contributed by atoms with Gasteiger partial charge in [0.05, 0.1) is 6.07 Å². The van der Waals surface area contributed by atoms with Crippen LogP contribution in [0.1, 0.15) is 34.1 Å². The summed E-state index contributed by atoms with van der Waals surface area (Å²) in [5.74, 6) is 0. The Morgan fingerprint density at radius 2 is 2.15 bits per heavy atom. The average molecular weight is 183 g/mol. The van der Waals surface area contributed by atoms with Crippen LogP contribution in [-0.4, -0.2) is 17.6 Å². The van der Waals surface area contributed by atoms with Gasteiger partial charge in [-0.2, -0.15) is 5.26 Å². The van der Waals surface area contributed by atoms with Crippen LogP contribution in [0.2, 0.25) is 0 Å². The molecule has 4 nitrogen and oxygen atoms in total. The second-order valence-electron chi connectivity index (χ2n) is 3.69. The van der Waals surface area contributed by atoms with E-state index in [1.54, 1.807) is 6.92 Å². The van der Waals surface area contributed by atoms with Crippen molar-refractivity contribution in [3.8, 4) is 6.07 Å². The zero-order chi connectivity index (χ0) is 10.5. The fourth-order valence-corrected chi connectivity index (χ4v) is 0.661. The Labute approximate surface area is 79.3 Å². The van der Waals surface area contributed by atoms with Crippen LogP contribution < -0.4 is 10.6 Å². The van der Waals surface area contributed by atoms with Gasteiger partial charge in [-0.3, -0.25) is 0 Å². The lowest BCUT2D eigenvalue weighted by Gasteiger charge is -2.24. The van der Waals surface area contributed by atoms with E-state index in [9.17, 15) is 4.79 Å². The van der Waals surface area contributed by atoms with Crippen LogP contribution in [0.25, 0.3) is 0 Å². The maximum atomic E-state index is 11.2. The van der Waals surface area contributed by atoms with Gasteiger partial charge in [0.1, 0.15) is 6.04 Å². The predicted molar refractivity (Wildman–Crippen MR) is 51.1 cm³/mol. The Kier molecular flexibility index (Phi) is 4.26. The third-order valence-electron chi connectivity index (χ3n) is 1.88. The number of carbonyl (C=O) groups excluding carboxylic acids is 1. The van der Waals surface area contributed by atoms with Crippen molar-refractivity contribution < 1.29 is 4.79 Å². The van der Waals surface area contributed by atoms with Gasteiger partial charge < -0.3 is 10.6 Å². The van der Waals surface area contributed by atoms with Crippen LogP contribution in [-0.2, 0) is 0 Å². The minimum absolute atomic E-state index is 0.223. The van der Waals surface area contributed by atoms with E-state index < -0.39 is 6.04 Å². The van der Waals surface area contributed by atoms with Gasteiger partial charge in [0.2, 0.25) is 0 Å². The van der Waals surface area contributed by atoms with Crippen molar-refractivity contribution in [1.82, 2.24) is 10.6 Å². The number of urea groups is 1. The van der Waals surface area contributed by atoms with E-state index in [0.717, 1.165) is 6.42 Å². The van der Waals surface area contributed by atoms with E-state index in [2.05, 4.69) is 10.6 Å². The van der Waals surface area contributed by atoms with Crippen molar-refractivity contribution in [2.75, 3.05) is 0 Å². The Bertz CT molecular complexity index is 217. The zero-order valence-corrected chi connectivity index (χ0v) is 8.64. The second kappa shape index (κ2) is 4.70. The summed E-state index contributed by atoms with van der Waals surface area (Å²) in [6, 6.07) is 1.19. The second-order valence-corrected chi connectivity index (χ2v) is 3.69. The summed E-state index contributed by atoms with van der Waals surface area (Å²) in [6.07, 6.45) is 0.849. The number of nitrogens with one attached hydrogen (secondary N) is 2. The van der Waals surface area contributed by atoms with E-state index in [-0.39, 0.29) is 11.6 Å². The molecule has 0 aromatic heterocycles. The normalized spacial score (nSPS) is 12.8. The highest BCUT2D eigenvalue weighted by Gasteiger charge is 2.18. The minimum atomic E-state index is -0.451. The summed E-state index contributed by atoms with van der Waals surface area (Å²) < 4.78 is 0. The van der Waals surface area contributed by atoms with E-state index in [1.165, 1.54) is 0 Å². The largest absolute Gasteiger partial charge is 0.333 e. The first-order valence-corrected chi connectivity index (χ1v) is 4.39. The first kappa shape index (κ1) is 11.8. The molecule has 0 aromatic rings. The lowest BCUT2D eigenvalue weighted by Crippen LogP contribution is -2.49. The summed E-state index contributed by atoms with van der Waals surface area (Å²) in [7, 11) is 0. The molecule has 74 valence electrons. The number of carbonyl (C=O) groups is 1. The molecule has 0 aliphatic rings. The summed E-state index contributed by atoms with van der Waals surface area (Å²) in [4.78, 5) is 11.2. The molecule has 0 rings (SSSR count). The molecule has 0 spiro atoms. The molecule has 0 aliphatic heterocycles. The standard InChI is InChI=1S/C9H17N3O/c1-5-9(3,4)12-8(13)11-7(2)6-10/h7H,5H2,1-4H3,(H2,11,12,13). The molecule has 0 fully saturated rings. The number of rotatable bonds is 3. The molecule has 4 heteroatoms. The minimum Gasteiger partial charge on any atom is -0.333 e. The van der Waals surface area contributed by atoms with Crippen molar-refractivity contribution in [2.45, 2.75) is 45.7 Å². The number of amides is 2. The first-order chi connectivity index (χ1) is 5.91. The highest BCUT2D eigenvalue weighted by atomic mass is 16.2. The third kappa shape index (κ3) is 5.07. The van der Waals surface area contributed by atoms with Gasteiger partial charge in [-0.05, 0) is 27.2 Å². The molecule has 0 aromatic carbocycles. The van der Waals surface area contributed by atoms with Crippen molar-refractivity contribution in [3.05, 3.63) is 0 Å². The smallest absolute Gasteiger partial charge is 0.316 e. The lowest BCUT2D eigenvalue weighted by atomic mass is 10.0. The molecule has 1 unspecified atom stereocenters. The monoisotopic (exact) mass is 183 g/mol. The maximum Gasteiger partial charge on any atom is 0.316 e. The maximum absolute atomic E-state index is 11.2. The molecule has 13 heavy (non-hydrogen) atoms.